The smallest absolute Gasteiger partial charge is 0.118 e. The summed E-state index contributed by atoms with van der Waals surface area (Å²) in [6.07, 6.45) is 1.31. The van der Waals surface area contributed by atoms with Crippen molar-refractivity contribution in [2.24, 2.45) is 5.92 Å². The summed E-state index contributed by atoms with van der Waals surface area (Å²) in [7, 11) is 1.70. The molecule has 0 aliphatic carbocycles. The van der Waals surface area contributed by atoms with Crippen LogP contribution in [0, 0.1) is 12.8 Å². The molecule has 2 heterocycles. The number of hydrogen-bond donors (Lipinski definition) is 1. The van der Waals surface area contributed by atoms with E-state index in [-0.39, 0.29) is 6.10 Å². The molecular formula is C19H21NO2. The lowest BCUT2D eigenvalue weighted by atomic mass is 9.80. The van der Waals surface area contributed by atoms with Crippen molar-refractivity contribution >= 4 is 5.69 Å². The number of aryl methyl sites for hydroxylation is 1. The second kappa shape index (κ2) is 5.33. The first-order valence-electron chi connectivity index (χ1n) is 7.89. The van der Waals surface area contributed by atoms with Gasteiger partial charge in [-0.3, -0.25) is 0 Å². The van der Waals surface area contributed by atoms with E-state index < -0.39 is 0 Å². The fourth-order valence-electron chi connectivity index (χ4n) is 3.73. The van der Waals surface area contributed by atoms with Crippen molar-refractivity contribution in [2.45, 2.75) is 25.5 Å². The summed E-state index contributed by atoms with van der Waals surface area (Å²) in [5.74, 6) is 1.39. The van der Waals surface area contributed by atoms with Crippen molar-refractivity contribution in [3.63, 3.8) is 0 Å². The Kier molecular flexibility index (Phi) is 3.30. The average molecular weight is 295 g/mol. The molecule has 2 aliphatic rings. The molecule has 0 bridgehead atoms. The van der Waals surface area contributed by atoms with Gasteiger partial charge in [0.05, 0.1) is 19.3 Å². The molecule has 0 radical (unpaired) electrons. The summed E-state index contributed by atoms with van der Waals surface area (Å²) in [6.45, 7) is 2.98. The second-order valence-corrected chi connectivity index (χ2v) is 6.23. The minimum Gasteiger partial charge on any atom is -0.497 e. The molecule has 0 spiro atoms. The first-order valence-corrected chi connectivity index (χ1v) is 7.89. The molecular weight excluding hydrogens is 274 g/mol. The van der Waals surface area contributed by atoms with Crippen LogP contribution in [0.3, 0.4) is 0 Å². The molecule has 3 heteroatoms. The van der Waals surface area contributed by atoms with E-state index in [1.165, 1.54) is 22.4 Å². The predicted molar refractivity (Wildman–Crippen MR) is 87.3 cm³/mol. The summed E-state index contributed by atoms with van der Waals surface area (Å²) in [4.78, 5) is 0. The van der Waals surface area contributed by atoms with Gasteiger partial charge in [-0.05, 0) is 37.1 Å². The number of ether oxygens (including phenoxy) is 2. The Morgan fingerprint density at radius 1 is 1.14 bits per heavy atom. The molecule has 1 saturated heterocycles. The van der Waals surface area contributed by atoms with E-state index in [0.717, 1.165) is 18.8 Å². The van der Waals surface area contributed by atoms with E-state index in [9.17, 15) is 0 Å². The standard InChI is InChI=1S/C19H21NO2/c1-12-3-8-17-16(11-12)19-15(9-10-22-19)18(20-17)13-4-6-14(21-2)7-5-13/h3-8,11,15,18-20H,9-10H2,1-2H3/t15-,18-,19-/m0/s1. The minimum atomic E-state index is 0.211. The van der Waals surface area contributed by atoms with Gasteiger partial charge in [0.25, 0.3) is 0 Å². The molecule has 0 unspecified atom stereocenters. The van der Waals surface area contributed by atoms with Crippen LogP contribution in [0.15, 0.2) is 42.5 Å². The molecule has 114 valence electrons. The Hall–Kier alpha value is -2.00. The van der Waals surface area contributed by atoms with Gasteiger partial charge in [-0.25, -0.2) is 0 Å². The maximum atomic E-state index is 6.07. The number of nitrogens with one attached hydrogen (secondary N) is 1. The molecule has 22 heavy (non-hydrogen) atoms. The van der Waals surface area contributed by atoms with Gasteiger partial charge >= 0.3 is 0 Å². The van der Waals surface area contributed by atoms with Gasteiger partial charge in [0.2, 0.25) is 0 Å². The zero-order valence-electron chi connectivity index (χ0n) is 13.0. The summed E-state index contributed by atoms with van der Waals surface area (Å²) in [6, 6.07) is 15.3. The average Bonchev–Trinajstić information content (AvgIpc) is 3.04. The van der Waals surface area contributed by atoms with Crippen LogP contribution in [-0.2, 0) is 4.74 Å². The third kappa shape index (κ3) is 2.17. The highest BCUT2D eigenvalue weighted by atomic mass is 16.5. The van der Waals surface area contributed by atoms with E-state index >= 15 is 0 Å². The SMILES string of the molecule is COc1ccc([C@@H]2Nc3ccc(C)cc3[C@H]3OCC[C@H]32)cc1. The van der Waals surface area contributed by atoms with Crippen molar-refractivity contribution in [1.29, 1.82) is 0 Å². The zero-order valence-corrected chi connectivity index (χ0v) is 13.0. The van der Waals surface area contributed by atoms with E-state index in [2.05, 4.69) is 42.6 Å². The Bertz CT molecular complexity index is 680. The molecule has 2 aromatic carbocycles. The first kappa shape index (κ1) is 13.6. The number of benzene rings is 2. The molecule has 4 rings (SSSR count). The van der Waals surface area contributed by atoms with Gasteiger partial charge in [0, 0.05) is 23.8 Å². The van der Waals surface area contributed by atoms with Crippen molar-refractivity contribution in [3.8, 4) is 5.75 Å². The second-order valence-electron chi connectivity index (χ2n) is 6.23. The van der Waals surface area contributed by atoms with Crippen molar-refractivity contribution in [1.82, 2.24) is 0 Å². The highest BCUT2D eigenvalue weighted by Gasteiger charge is 2.41. The van der Waals surface area contributed by atoms with Gasteiger partial charge in [0.15, 0.2) is 0 Å². The van der Waals surface area contributed by atoms with E-state index in [4.69, 9.17) is 9.47 Å². The third-order valence-electron chi connectivity index (χ3n) is 4.87. The molecule has 0 saturated carbocycles. The van der Waals surface area contributed by atoms with Gasteiger partial charge in [-0.15, -0.1) is 0 Å². The number of rotatable bonds is 2. The fraction of sp³-hybridized carbons (Fsp3) is 0.368. The van der Waals surface area contributed by atoms with E-state index in [1.807, 2.05) is 12.1 Å². The Morgan fingerprint density at radius 3 is 2.73 bits per heavy atom. The van der Waals surface area contributed by atoms with Gasteiger partial charge in [-0.1, -0.05) is 29.8 Å². The van der Waals surface area contributed by atoms with Crippen LogP contribution in [0.4, 0.5) is 5.69 Å². The van der Waals surface area contributed by atoms with Crippen molar-refractivity contribution < 1.29 is 9.47 Å². The lowest BCUT2D eigenvalue weighted by Crippen LogP contribution is -2.29. The third-order valence-corrected chi connectivity index (χ3v) is 4.87. The first-order chi connectivity index (χ1) is 10.8. The largest absolute Gasteiger partial charge is 0.497 e. The van der Waals surface area contributed by atoms with Crippen LogP contribution < -0.4 is 10.1 Å². The molecule has 2 aromatic rings. The Morgan fingerprint density at radius 2 is 1.95 bits per heavy atom. The fourth-order valence-corrected chi connectivity index (χ4v) is 3.73. The number of methoxy groups -OCH3 is 1. The van der Waals surface area contributed by atoms with Crippen molar-refractivity contribution in [2.75, 3.05) is 19.0 Å². The maximum absolute atomic E-state index is 6.07. The van der Waals surface area contributed by atoms with Crippen LogP contribution in [0.1, 0.15) is 35.3 Å². The molecule has 1 fully saturated rings. The molecule has 3 atom stereocenters. The summed E-state index contributed by atoms with van der Waals surface area (Å²) in [5.41, 5.74) is 5.10. The number of hydrogen-bond acceptors (Lipinski definition) is 3. The minimum absolute atomic E-state index is 0.211. The topological polar surface area (TPSA) is 30.5 Å². The predicted octanol–water partition coefficient (Wildman–Crippen LogP) is 4.25. The zero-order chi connectivity index (χ0) is 15.1. The molecule has 1 N–H and O–H groups in total. The van der Waals surface area contributed by atoms with E-state index in [1.54, 1.807) is 7.11 Å². The van der Waals surface area contributed by atoms with Crippen LogP contribution in [-0.4, -0.2) is 13.7 Å². The highest BCUT2D eigenvalue weighted by Crippen LogP contribution is 2.50. The summed E-state index contributed by atoms with van der Waals surface area (Å²) < 4.78 is 11.3. The summed E-state index contributed by atoms with van der Waals surface area (Å²) in [5, 5.41) is 3.73. The normalized spacial score (nSPS) is 26.0. The monoisotopic (exact) mass is 295 g/mol. The number of fused-ring (bicyclic) bond motifs is 3. The molecule has 3 nitrogen and oxygen atoms in total. The Balaban J connectivity index is 1.73. The van der Waals surface area contributed by atoms with Crippen LogP contribution >= 0.6 is 0 Å². The Labute approximate surface area is 131 Å². The number of anilines is 1. The lowest BCUT2D eigenvalue weighted by Gasteiger charge is -2.36. The highest BCUT2D eigenvalue weighted by molar-refractivity contribution is 5.58. The lowest BCUT2D eigenvalue weighted by molar-refractivity contribution is 0.0829. The van der Waals surface area contributed by atoms with Crippen LogP contribution in [0.5, 0.6) is 5.75 Å². The summed E-state index contributed by atoms with van der Waals surface area (Å²) >= 11 is 0. The van der Waals surface area contributed by atoms with Gasteiger partial charge in [-0.2, -0.15) is 0 Å². The van der Waals surface area contributed by atoms with Gasteiger partial charge in [0.1, 0.15) is 5.75 Å². The van der Waals surface area contributed by atoms with E-state index in [0.29, 0.717) is 12.0 Å². The molecule has 0 amide bonds. The van der Waals surface area contributed by atoms with Crippen molar-refractivity contribution in [3.05, 3.63) is 59.2 Å². The van der Waals surface area contributed by atoms with Crippen LogP contribution in [0.25, 0.3) is 0 Å². The molecule has 0 aromatic heterocycles. The maximum Gasteiger partial charge on any atom is 0.118 e. The molecule has 2 aliphatic heterocycles. The van der Waals surface area contributed by atoms with Crippen LogP contribution in [0.2, 0.25) is 0 Å². The van der Waals surface area contributed by atoms with Gasteiger partial charge < -0.3 is 14.8 Å². The quantitative estimate of drug-likeness (QED) is 0.898.